The maximum atomic E-state index is 11.1. The number of ether oxygens (including phenoxy) is 2. The van der Waals surface area contributed by atoms with Crippen LogP contribution in [0.1, 0.15) is 38.4 Å². The highest BCUT2D eigenvalue weighted by Gasteiger charge is 2.47. The number of hydrogen-bond acceptors (Lipinski definition) is 5. The third-order valence-corrected chi connectivity index (χ3v) is 4.82. The Labute approximate surface area is 146 Å². The summed E-state index contributed by atoms with van der Waals surface area (Å²) in [5.41, 5.74) is 0.655. The molecule has 23 heavy (non-hydrogen) atoms. The zero-order chi connectivity index (χ0) is 17.3. The van der Waals surface area contributed by atoms with Gasteiger partial charge in [-0.15, -0.1) is 0 Å². The smallest absolute Gasteiger partial charge is 0.333 e. The molecule has 1 saturated heterocycles. The summed E-state index contributed by atoms with van der Waals surface area (Å²) in [7, 11) is -4.07. The first-order chi connectivity index (χ1) is 10.7. The number of benzene rings is 1. The van der Waals surface area contributed by atoms with Gasteiger partial charge in [-0.2, -0.15) is 8.42 Å². The van der Waals surface area contributed by atoms with E-state index in [0.29, 0.717) is 28.5 Å². The quantitative estimate of drug-likeness (QED) is 0.814. The lowest BCUT2D eigenvalue weighted by Gasteiger charge is -2.25. The molecule has 1 heterocycles. The topological polar surface area (TPSA) is 87.9 Å². The number of halogens is 2. The lowest BCUT2D eigenvalue weighted by molar-refractivity contribution is -0.181. The van der Waals surface area contributed by atoms with Gasteiger partial charge in [-0.3, -0.25) is 4.18 Å². The summed E-state index contributed by atoms with van der Waals surface area (Å²) < 4.78 is 38.8. The largest absolute Gasteiger partial charge is 0.341 e. The van der Waals surface area contributed by atoms with Crippen molar-refractivity contribution in [2.24, 2.45) is 5.14 Å². The molecule has 0 bridgehead atoms. The van der Waals surface area contributed by atoms with Crippen molar-refractivity contribution < 1.29 is 22.1 Å². The van der Waals surface area contributed by atoms with Gasteiger partial charge >= 0.3 is 10.3 Å². The van der Waals surface area contributed by atoms with Gasteiger partial charge in [0.25, 0.3) is 0 Å². The number of nitrogens with two attached hydrogens (primary N) is 1. The molecular formula is C14H19Cl2NO5S. The van der Waals surface area contributed by atoms with Crippen LogP contribution in [0.25, 0.3) is 0 Å². The fourth-order valence-electron chi connectivity index (χ4n) is 2.54. The minimum Gasteiger partial charge on any atom is -0.341 e. The molecule has 1 fully saturated rings. The van der Waals surface area contributed by atoms with Gasteiger partial charge in [0.05, 0.1) is 6.61 Å². The van der Waals surface area contributed by atoms with E-state index >= 15 is 0 Å². The van der Waals surface area contributed by atoms with Crippen LogP contribution in [-0.4, -0.2) is 26.9 Å². The van der Waals surface area contributed by atoms with Gasteiger partial charge in [0, 0.05) is 15.6 Å². The molecule has 0 radical (unpaired) electrons. The molecular weight excluding hydrogens is 365 g/mol. The van der Waals surface area contributed by atoms with E-state index in [-0.39, 0.29) is 6.61 Å². The molecule has 0 saturated carbocycles. The Hall–Kier alpha value is -0.410. The van der Waals surface area contributed by atoms with E-state index in [9.17, 15) is 8.42 Å². The predicted octanol–water partition coefficient (Wildman–Crippen LogP) is 3.19. The van der Waals surface area contributed by atoms with Gasteiger partial charge in [0.1, 0.15) is 12.2 Å². The Balaban J connectivity index is 2.32. The SMILES string of the molecule is CCC1(CC)O[C@H](c2ccc(Cl)cc2Cl)[C@@H](COS(N)(=O)=O)O1. The van der Waals surface area contributed by atoms with E-state index in [1.54, 1.807) is 18.2 Å². The van der Waals surface area contributed by atoms with Crippen LogP contribution in [-0.2, 0) is 24.0 Å². The summed E-state index contributed by atoms with van der Waals surface area (Å²) in [6.45, 7) is 3.59. The molecule has 1 aliphatic heterocycles. The van der Waals surface area contributed by atoms with Crippen LogP contribution in [0, 0.1) is 0 Å². The summed E-state index contributed by atoms with van der Waals surface area (Å²) >= 11 is 12.2. The van der Waals surface area contributed by atoms with Gasteiger partial charge in [-0.25, -0.2) is 5.14 Å². The Morgan fingerprint density at radius 2 is 1.91 bits per heavy atom. The van der Waals surface area contributed by atoms with E-state index in [4.69, 9.17) is 37.8 Å². The molecule has 9 heteroatoms. The molecule has 6 nitrogen and oxygen atoms in total. The van der Waals surface area contributed by atoms with Crippen LogP contribution >= 0.6 is 23.2 Å². The first-order valence-electron chi connectivity index (χ1n) is 7.17. The molecule has 0 aliphatic carbocycles. The van der Waals surface area contributed by atoms with Crippen LogP contribution < -0.4 is 5.14 Å². The fourth-order valence-corrected chi connectivity index (χ4v) is 3.38. The maximum Gasteiger partial charge on any atom is 0.333 e. The highest BCUT2D eigenvalue weighted by molar-refractivity contribution is 7.84. The van der Waals surface area contributed by atoms with E-state index < -0.39 is 28.3 Å². The summed E-state index contributed by atoms with van der Waals surface area (Å²) in [4.78, 5) is 0. The van der Waals surface area contributed by atoms with E-state index in [2.05, 4.69) is 4.18 Å². The first-order valence-corrected chi connectivity index (χ1v) is 9.40. The van der Waals surface area contributed by atoms with Crippen LogP contribution in [0.4, 0.5) is 0 Å². The van der Waals surface area contributed by atoms with E-state index in [1.807, 2.05) is 13.8 Å². The molecule has 1 aromatic rings. The van der Waals surface area contributed by atoms with Gasteiger partial charge in [0.15, 0.2) is 5.79 Å². The van der Waals surface area contributed by atoms with Crippen molar-refractivity contribution >= 4 is 33.5 Å². The van der Waals surface area contributed by atoms with Crippen molar-refractivity contribution in [3.8, 4) is 0 Å². The second-order valence-electron chi connectivity index (χ2n) is 5.26. The van der Waals surface area contributed by atoms with E-state index in [1.165, 1.54) is 0 Å². The van der Waals surface area contributed by atoms with Crippen molar-refractivity contribution in [2.45, 2.75) is 44.7 Å². The standard InChI is InChI=1S/C14H19Cl2NO5S/c1-3-14(4-2)21-12(8-20-23(17,18)19)13(22-14)10-6-5-9(15)7-11(10)16/h5-7,12-13H,3-4,8H2,1-2H3,(H2,17,18,19)/t12-,13-/m1/s1. The molecule has 0 amide bonds. The third-order valence-electron chi connectivity index (χ3n) is 3.79. The van der Waals surface area contributed by atoms with Crippen molar-refractivity contribution in [1.29, 1.82) is 0 Å². The Morgan fingerprint density at radius 3 is 2.43 bits per heavy atom. The minimum absolute atomic E-state index is 0.260. The van der Waals surface area contributed by atoms with Gasteiger partial charge in [-0.1, -0.05) is 43.1 Å². The predicted molar refractivity (Wildman–Crippen MR) is 87.5 cm³/mol. The van der Waals surface area contributed by atoms with Crippen molar-refractivity contribution in [3.05, 3.63) is 33.8 Å². The molecule has 0 spiro atoms. The molecule has 2 N–H and O–H groups in total. The zero-order valence-electron chi connectivity index (χ0n) is 12.8. The molecule has 1 aliphatic rings. The summed E-state index contributed by atoms with van der Waals surface area (Å²) in [5.74, 6) is -0.819. The lowest BCUT2D eigenvalue weighted by atomic mass is 10.1. The Bertz CT molecular complexity index is 663. The highest BCUT2D eigenvalue weighted by atomic mass is 35.5. The van der Waals surface area contributed by atoms with Gasteiger partial charge in [0.2, 0.25) is 0 Å². The van der Waals surface area contributed by atoms with Gasteiger partial charge in [-0.05, 0) is 25.0 Å². The zero-order valence-corrected chi connectivity index (χ0v) is 15.1. The third kappa shape index (κ3) is 4.57. The molecule has 1 aromatic carbocycles. The normalized spacial score (nSPS) is 24.0. The van der Waals surface area contributed by atoms with Crippen LogP contribution in [0.5, 0.6) is 0 Å². The molecule has 0 aromatic heterocycles. The van der Waals surface area contributed by atoms with E-state index in [0.717, 1.165) is 0 Å². The summed E-state index contributed by atoms with van der Waals surface area (Å²) in [5, 5.41) is 5.79. The van der Waals surface area contributed by atoms with Crippen molar-refractivity contribution in [3.63, 3.8) is 0 Å². The van der Waals surface area contributed by atoms with Crippen LogP contribution in [0.15, 0.2) is 18.2 Å². The molecule has 130 valence electrons. The maximum absolute atomic E-state index is 11.1. The lowest BCUT2D eigenvalue weighted by Crippen LogP contribution is -2.31. The summed E-state index contributed by atoms with van der Waals surface area (Å²) in [6, 6.07) is 5.00. The summed E-state index contributed by atoms with van der Waals surface area (Å²) in [6.07, 6.45) is -0.0536. The number of rotatable bonds is 6. The van der Waals surface area contributed by atoms with Crippen LogP contribution in [0.2, 0.25) is 10.0 Å². The Kier molecular flexibility index (Phi) is 5.94. The molecule has 2 atom stereocenters. The molecule has 2 rings (SSSR count). The van der Waals surface area contributed by atoms with Crippen molar-refractivity contribution in [1.82, 2.24) is 0 Å². The second-order valence-corrected chi connectivity index (χ2v) is 7.32. The van der Waals surface area contributed by atoms with Crippen LogP contribution in [0.3, 0.4) is 0 Å². The fraction of sp³-hybridized carbons (Fsp3) is 0.571. The monoisotopic (exact) mass is 383 g/mol. The highest BCUT2D eigenvalue weighted by Crippen LogP contribution is 2.44. The average Bonchev–Trinajstić information content (AvgIpc) is 2.84. The minimum atomic E-state index is -4.07. The van der Waals surface area contributed by atoms with Gasteiger partial charge < -0.3 is 9.47 Å². The number of hydrogen-bond donors (Lipinski definition) is 1. The average molecular weight is 384 g/mol. The Morgan fingerprint density at radius 1 is 1.26 bits per heavy atom. The van der Waals surface area contributed by atoms with Crippen molar-refractivity contribution in [2.75, 3.05) is 6.61 Å². The molecule has 0 unspecified atom stereocenters. The second kappa shape index (κ2) is 7.23. The first kappa shape index (κ1) is 18.9.